The number of nitrogens with one attached hydrogen (secondary N) is 2. The van der Waals surface area contributed by atoms with Gasteiger partial charge in [-0.15, -0.1) is 0 Å². The highest BCUT2D eigenvalue weighted by atomic mass is 19.1. The molecular formula is C16H23FN2O2. The third kappa shape index (κ3) is 5.01. The Hall–Kier alpha value is -1.62. The van der Waals surface area contributed by atoms with Crippen LogP contribution in [-0.2, 0) is 11.2 Å². The molecule has 116 valence electrons. The highest BCUT2D eigenvalue weighted by Gasteiger charge is 2.18. The maximum absolute atomic E-state index is 14.1. The van der Waals surface area contributed by atoms with Crippen LogP contribution in [0.2, 0.25) is 0 Å². The van der Waals surface area contributed by atoms with Crippen molar-refractivity contribution in [3.8, 4) is 0 Å². The minimum atomic E-state index is -0.574. The van der Waals surface area contributed by atoms with Gasteiger partial charge in [-0.2, -0.15) is 0 Å². The fourth-order valence-corrected chi connectivity index (χ4v) is 2.41. The molecule has 1 heterocycles. The molecule has 1 aliphatic rings. The van der Waals surface area contributed by atoms with Crippen LogP contribution < -0.4 is 10.6 Å². The number of amides is 1. The molecular weight excluding hydrogens is 271 g/mol. The number of ether oxygens (including phenoxy) is 1. The highest BCUT2D eigenvalue weighted by Crippen LogP contribution is 2.21. The van der Waals surface area contributed by atoms with Gasteiger partial charge in [-0.1, -0.05) is 6.07 Å². The summed E-state index contributed by atoms with van der Waals surface area (Å²) in [5.74, 6) is 0.208. The molecule has 1 aromatic rings. The van der Waals surface area contributed by atoms with Gasteiger partial charge in [0.1, 0.15) is 11.4 Å². The van der Waals surface area contributed by atoms with Crippen LogP contribution >= 0.6 is 0 Å². The molecule has 0 aliphatic carbocycles. The van der Waals surface area contributed by atoms with E-state index in [2.05, 4.69) is 10.6 Å². The summed E-state index contributed by atoms with van der Waals surface area (Å²) < 4.78 is 19.2. The number of benzene rings is 1. The van der Waals surface area contributed by atoms with E-state index < -0.39 is 11.7 Å². The Morgan fingerprint density at radius 3 is 2.81 bits per heavy atom. The topological polar surface area (TPSA) is 50.4 Å². The van der Waals surface area contributed by atoms with Crippen molar-refractivity contribution in [1.82, 2.24) is 5.32 Å². The van der Waals surface area contributed by atoms with E-state index >= 15 is 0 Å². The van der Waals surface area contributed by atoms with Gasteiger partial charge in [0, 0.05) is 5.69 Å². The summed E-state index contributed by atoms with van der Waals surface area (Å²) in [5, 5.41) is 5.82. The van der Waals surface area contributed by atoms with Gasteiger partial charge in [0.15, 0.2) is 0 Å². The third-order valence-corrected chi connectivity index (χ3v) is 3.37. The summed E-state index contributed by atoms with van der Waals surface area (Å²) in [4.78, 5) is 11.6. The van der Waals surface area contributed by atoms with Crippen molar-refractivity contribution < 1.29 is 13.9 Å². The fourth-order valence-electron chi connectivity index (χ4n) is 2.41. The van der Waals surface area contributed by atoms with Crippen LogP contribution in [0.25, 0.3) is 0 Å². The van der Waals surface area contributed by atoms with Gasteiger partial charge < -0.3 is 10.1 Å². The number of hydrogen-bond acceptors (Lipinski definition) is 3. The molecule has 4 nitrogen and oxygen atoms in total. The van der Waals surface area contributed by atoms with Crippen molar-refractivity contribution in [3.63, 3.8) is 0 Å². The second-order valence-electron chi connectivity index (χ2n) is 6.50. The molecule has 0 saturated carbocycles. The number of anilines is 1. The summed E-state index contributed by atoms with van der Waals surface area (Å²) in [6.07, 6.45) is 1.23. The summed E-state index contributed by atoms with van der Waals surface area (Å²) >= 11 is 0. The van der Waals surface area contributed by atoms with E-state index in [0.717, 1.165) is 25.9 Å². The van der Waals surface area contributed by atoms with Gasteiger partial charge in [-0.25, -0.2) is 9.18 Å². The number of carbonyl (C=O) groups is 1. The van der Waals surface area contributed by atoms with Crippen molar-refractivity contribution >= 4 is 11.8 Å². The molecule has 1 amide bonds. The Labute approximate surface area is 125 Å². The van der Waals surface area contributed by atoms with E-state index in [1.54, 1.807) is 32.9 Å². The minimum Gasteiger partial charge on any atom is -0.444 e. The molecule has 0 spiro atoms. The first-order valence-electron chi connectivity index (χ1n) is 7.32. The van der Waals surface area contributed by atoms with Crippen LogP contribution in [0.15, 0.2) is 18.2 Å². The normalized spacial score (nSPS) is 18.6. The maximum atomic E-state index is 14.1. The maximum Gasteiger partial charge on any atom is 0.412 e. The molecule has 1 aromatic carbocycles. The number of hydrogen-bond donors (Lipinski definition) is 2. The second kappa shape index (κ2) is 6.43. The Kier molecular flexibility index (Phi) is 4.83. The van der Waals surface area contributed by atoms with E-state index in [9.17, 15) is 9.18 Å². The Bertz CT molecular complexity index is 505. The average Bonchev–Trinajstić information content (AvgIpc) is 2.83. The number of rotatable bonds is 3. The summed E-state index contributed by atoms with van der Waals surface area (Å²) in [6.45, 7) is 7.30. The zero-order valence-corrected chi connectivity index (χ0v) is 12.8. The molecule has 0 aromatic heterocycles. The first kappa shape index (κ1) is 15.8. The van der Waals surface area contributed by atoms with Crippen molar-refractivity contribution in [2.45, 2.75) is 39.2 Å². The Morgan fingerprint density at radius 1 is 1.48 bits per heavy atom. The van der Waals surface area contributed by atoms with E-state index in [1.807, 2.05) is 0 Å². The van der Waals surface area contributed by atoms with E-state index in [0.29, 0.717) is 17.2 Å². The van der Waals surface area contributed by atoms with Crippen LogP contribution in [-0.4, -0.2) is 24.8 Å². The first-order chi connectivity index (χ1) is 9.83. The lowest BCUT2D eigenvalue weighted by atomic mass is 9.98. The van der Waals surface area contributed by atoms with Crippen LogP contribution in [0.4, 0.5) is 14.9 Å². The molecule has 1 atom stereocenters. The third-order valence-electron chi connectivity index (χ3n) is 3.37. The van der Waals surface area contributed by atoms with Gasteiger partial charge in [-0.3, -0.25) is 5.32 Å². The summed E-state index contributed by atoms with van der Waals surface area (Å²) in [6, 6.07) is 4.80. The molecule has 5 heteroatoms. The lowest BCUT2D eigenvalue weighted by molar-refractivity contribution is 0.0636. The monoisotopic (exact) mass is 294 g/mol. The van der Waals surface area contributed by atoms with Crippen LogP contribution in [0, 0.1) is 11.7 Å². The summed E-state index contributed by atoms with van der Waals surface area (Å²) in [5.41, 5.74) is 0.534. The van der Waals surface area contributed by atoms with Gasteiger partial charge in [0.2, 0.25) is 0 Å². The largest absolute Gasteiger partial charge is 0.444 e. The number of carbonyl (C=O) groups excluding carboxylic acids is 1. The lowest BCUT2D eigenvalue weighted by Gasteiger charge is -2.19. The Morgan fingerprint density at radius 2 is 2.24 bits per heavy atom. The van der Waals surface area contributed by atoms with Gasteiger partial charge in [0.25, 0.3) is 0 Å². The predicted molar refractivity (Wildman–Crippen MR) is 80.9 cm³/mol. The molecule has 1 fully saturated rings. The number of halogens is 1. The van der Waals surface area contributed by atoms with E-state index in [1.165, 1.54) is 6.07 Å². The smallest absolute Gasteiger partial charge is 0.412 e. The van der Waals surface area contributed by atoms with Crippen molar-refractivity contribution in [1.29, 1.82) is 0 Å². The minimum absolute atomic E-state index is 0.282. The standard InChI is InChI=1S/C16H23FN2O2/c1-16(2,3)21-15(20)19-13-5-4-12(14(17)9-13)8-11-6-7-18-10-11/h4-5,9,11,18H,6-8,10H2,1-3H3,(H,19,20). The Balaban J connectivity index is 1.96. The summed E-state index contributed by atoms with van der Waals surface area (Å²) in [7, 11) is 0. The lowest BCUT2D eigenvalue weighted by Crippen LogP contribution is -2.27. The van der Waals surface area contributed by atoms with Gasteiger partial charge in [-0.05, 0) is 70.3 Å². The molecule has 2 rings (SSSR count). The molecule has 21 heavy (non-hydrogen) atoms. The molecule has 1 aliphatic heterocycles. The first-order valence-corrected chi connectivity index (χ1v) is 7.32. The highest BCUT2D eigenvalue weighted by molar-refractivity contribution is 5.84. The van der Waals surface area contributed by atoms with Crippen LogP contribution in [0.1, 0.15) is 32.8 Å². The molecule has 1 saturated heterocycles. The van der Waals surface area contributed by atoms with Crippen LogP contribution in [0.3, 0.4) is 0 Å². The molecule has 2 N–H and O–H groups in total. The van der Waals surface area contributed by atoms with E-state index in [4.69, 9.17) is 4.74 Å². The van der Waals surface area contributed by atoms with Gasteiger partial charge in [0.05, 0.1) is 0 Å². The predicted octanol–water partition coefficient (Wildman–Crippen LogP) is 3.32. The molecule has 0 radical (unpaired) electrons. The van der Waals surface area contributed by atoms with Crippen molar-refractivity contribution in [2.24, 2.45) is 5.92 Å². The van der Waals surface area contributed by atoms with E-state index in [-0.39, 0.29) is 5.82 Å². The fraction of sp³-hybridized carbons (Fsp3) is 0.562. The van der Waals surface area contributed by atoms with Crippen molar-refractivity contribution in [2.75, 3.05) is 18.4 Å². The average molecular weight is 294 g/mol. The second-order valence-corrected chi connectivity index (χ2v) is 6.50. The zero-order valence-electron chi connectivity index (χ0n) is 12.8. The molecule has 0 bridgehead atoms. The van der Waals surface area contributed by atoms with Gasteiger partial charge >= 0.3 is 6.09 Å². The quantitative estimate of drug-likeness (QED) is 0.899. The van der Waals surface area contributed by atoms with Crippen LogP contribution in [0.5, 0.6) is 0 Å². The SMILES string of the molecule is CC(C)(C)OC(=O)Nc1ccc(CC2CCNC2)c(F)c1. The molecule has 1 unspecified atom stereocenters. The zero-order chi connectivity index (χ0) is 15.5. The van der Waals surface area contributed by atoms with Crippen molar-refractivity contribution in [3.05, 3.63) is 29.6 Å².